The van der Waals surface area contributed by atoms with Crippen LogP contribution in [0.25, 0.3) is 72.3 Å². The zero-order chi connectivity index (χ0) is 25.1. The van der Waals surface area contributed by atoms with E-state index in [1.807, 2.05) is 66.7 Å². The Morgan fingerprint density at radius 1 is 0.474 bits per heavy atom. The first-order valence-electron chi connectivity index (χ1n) is 12.6. The van der Waals surface area contributed by atoms with E-state index in [0.29, 0.717) is 17.6 Å². The number of nitrogens with zero attached hydrogens (tertiary/aromatic N) is 5. The molecule has 0 N–H and O–H groups in total. The van der Waals surface area contributed by atoms with E-state index < -0.39 is 0 Å². The summed E-state index contributed by atoms with van der Waals surface area (Å²) in [5.74, 6) is 1.84. The lowest BCUT2D eigenvalue weighted by Gasteiger charge is -2.13. The first-order chi connectivity index (χ1) is 18.8. The number of aromatic nitrogens is 5. The van der Waals surface area contributed by atoms with E-state index in [-0.39, 0.29) is 0 Å². The molecule has 178 valence electrons. The summed E-state index contributed by atoms with van der Waals surface area (Å²) in [5.41, 5.74) is 5.85. The summed E-state index contributed by atoms with van der Waals surface area (Å²) in [6.45, 7) is 0. The number of hydrogen-bond acceptors (Lipinski definition) is 3. The van der Waals surface area contributed by atoms with E-state index in [0.717, 1.165) is 54.7 Å². The van der Waals surface area contributed by atoms with Crippen LogP contribution in [0.4, 0.5) is 0 Å². The van der Waals surface area contributed by atoms with Crippen molar-refractivity contribution in [2.24, 2.45) is 0 Å². The highest BCUT2D eigenvalue weighted by molar-refractivity contribution is 6.22. The van der Waals surface area contributed by atoms with Crippen LogP contribution in [0.3, 0.4) is 0 Å². The largest absolute Gasteiger partial charge is 0.655 e. The van der Waals surface area contributed by atoms with Crippen LogP contribution in [-0.4, -0.2) is 19.5 Å². The molecule has 0 atom stereocenters. The van der Waals surface area contributed by atoms with Gasteiger partial charge in [-0.2, -0.15) is 9.97 Å². The van der Waals surface area contributed by atoms with Gasteiger partial charge >= 0.3 is 0 Å². The predicted molar refractivity (Wildman–Crippen MR) is 153 cm³/mol. The zero-order valence-corrected chi connectivity index (χ0v) is 20.3. The summed E-state index contributed by atoms with van der Waals surface area (Å²) in [7, 11) is 0. The maximum atomic E-state index is 5.09. The maximum absolute atomic E-state index is 5.09. The minimum absolute atomic E-state index is 0.573. The Balaban J connectivity index is 1.53. The van der Waals surface area contributed by atoms with Crippen molar-refractivity contribution in [3.05, 3.63) is 121 Å². The Labute approximate surface area is 218 Å². The molecule has 0 amide bonds. The Bertz CT molecular complexity index is 2060. The van der Waals surface area contributed by atoms with E-state index >= 15 is 0 Å². The average molecular weight is 487 g/mol. The highest BCUT2D eigenvalue weighted by Gasteiger charge is 2.18. The van der Waals surface area contributed by atoms with Crippen LogP contribution >= 0.6 is 0 Å². The van der Waals surface area contributed by atoms with Gasteiger partial charge in [0.15, 0.2) is 11.6 Å². The molecule has 0 saturated carbocycles. The molecule has 0 saturated heterocycles. The average Bonchev–Trinajstić information content (AvgIpc) is 3.54. The van der Waals surface area contributed by atoms with E-state index in [1.165, 1.54) is 0 Å². The maximum Gasteiger partial charge on any atom is 0.238 e. The van der Waals surface area contributed by atoms with Crippen molar-refractivity contribution in [1.82, 2.24) is 24.5 Å². The Morgan fingerprint density at radius 3 is 1.76 bits per heavy atom. The smallest absolute Gasteiger partial charge is 0.238 e. The van der Waals surface area contributed by atoms with Crippen LogP contribution in [0.5, 0.6) is 0 Å². The van der Waals surface area contributed by atoms with Crippen molar-refractivity contribution < 1.29 is 0 Å². The van der Waals surface area contributed by atoms with Crippen molar-refractivity contribution in [2.75, 3.05) is 0 Å². The summed E-state index contributed by atoms with van der Waals surface area (Å²) in [5, 5.41) is 4.53. The van der Waals surface area contributed by atoms with Gasteiger partial charge in [-0.05, 0) is 16.8 Å². The summed E-state index contributed by atoms with van der Waals surface area (Å²) in [6.07, 6.45) is 0. The van der Waals surface area contributed by atoms with E-state index in [2.05, 4.69) is 59.2 Å². The lowest BCUT2D eigenvalue weighted by Crippen LogP contribution is -2.06. The number of rotatable bonds is 3. The van der Waals surface area contributed by atoms with Crippen LogP contribution < -0.4 is 4.98 Å². The van der Waals surface area contributed by atoms with E-state index in [1.54, 1.807) is 0 Å². The Kier molecular flexibility index (Phi) is 4.45. The monoisotopic (exact) mass is 486 g/mol. The van der Waals surface area contributed by atoms with Crippen LogP contribution in [0.2, 0.25) is 0 Å². The van der Waals surface area contributed by atoms with Gasteiger partial charge in [-0.25, -0.2) is 4.98 Å². The number of benzene rings is 5. The fourth-order valence-electron chi connectivity index (χ4n) is 5.40. The van der Waals surface area contributed by atoms with Crippen molar-refractivity contribution in [2.45, 2.75) is 0 Å². The van der Waals surface area contributed by atoms with Gasteiger partial charge < -0.3 is 4.98 Å². The molecule has 3 heterocycles. The second kappa shape index (κ2) is 8.11. The Hall–Kier alpha value is -5.29. The van der Waals surface area contributed by atoms with Gasteiger partial charge in [-0.3, -0.25) is 4.57 Å². The van der Waals surface area contributed by atoms with Gasteiger partial charge in [0.2, 0.25) is 5.95 Å². The molecule has 8 rings (SSSR count). The van der Waals surface area contributed by atoms with Gasteiger partial charge in [0.1, 0.15) is 0 Å². The van der Waals surface area contributed by atoms with Gasteiger partial charge in [0.05, 0.1) is 5.52 Å². The highest BCUT2D eigenvalue weighted by Crippen LogP contribution is 2.38. The van der Waals surface area contributed by atoms with Crippen molar-refractivity contribution in [3.63, 3.8) is 0 Å². The highest BCUT2D eigenvalue weighted by atomic mass is 15.2. The fraction of sp³-hybridized carbons (Fsp3) is 0. The van der Waals surface area contributed by atoms with Crippen molar-refractivity contribution >= 4 is 43.6 Å². The molecule has 0 radical (unpaired) electrons. The molecular weight excluding hydrogens is 466 g/mol. The summed E-state index contributed by atoms with van der Waals surface area (Å²) in [4.78, 5) is 20.1. The molecule has 0 aliphatic rings. The minimum Gasteiger partial charge on any atom is -0.655 e. The molecule has 0 aliphatic heterocycles. The molecule has 0 aliphatic carbocycles. The number of fused-ring (bicyclic) bond motifs is 7. The first-order valence-corrected chi connectivity index (χ1v) is 12.6. The van der Waals surface area contributed by atoms with Gasteiger partial charge in [0, 0.05) is 27.4 Å². The molecule has 5 heteroatoms. The standard InChI is InChI=1S/C33H20N5/c1-3-11-21(12-4-1)31-35-32(22-13-5-2-6-14-22)37-33(36-31)38-28-18-10-8-16-24(28)26-20-19-25-23-15-7-9-17-27(23)34-29(25)30(26)38/h1-20H/q-1. The first kappa shape index (κ1) is 20.9. The molecule has 0 unspecified atom stereocenters. The molecule has 0 fully saturated rings. The molecule has 5 nitrogen and oxygen atoms in total. The molecule has 38 heavy (non-hydrogen) atoms. The Morgan fingerprint density at radius 2 is 1.05 bits per heavy atom. The normalized spacial score (nSPS) is 11.7. The van der Waals surface area contributed by atoms with Gasteiger partial charge in [-0.15, -0.1) is 11.0 Å². The van der Waals surface area contributed by atoms with Crippen LogP contribution in [0.1, 0.15) is 0 Å². The van der Waals surface area contributed by atoms with Crippen molar-refractivity contribution in [1.29, 1.82) is 0 Å². The quantitative estimate of drug-likeness (QED) is 0.258. The van der Waals surface area contributed by atoms with Gasteiger partial charge in [0.25, 0.3) is 0 Å². The molecule has 3 aromatic heterocycles. The third-order valence-corrected chi connectivity index (χ3v) is 7.12. The van der Waals surface area contributed by atoms with Crippen molar-refractivity contribution in [3.8, 4) is 28.7 Å². The predicted octanol–water partition coefficient (Wildman–Crippen LogP) is 7.57. The number of hydrogen-bond donors (Lipinski definition) is 0. The third kappa shape index (κ3) is 3.09. The zero-order valence-electron chi connectivity index (χ0n) is 20.3. The van der Waals surface area contributed by atoms with Gasteiger partial charge in [-0.1, -0.05) is 115 Å². The second-order valence-electron chi connectivity index (χ2n) is 9.35. The molecule has 0 bridgehead atoms. The molecular formula is C33H20N5-. The summed E-state index contributed by atoms with van der Waals surface area (Å²) >= 11 is 0. The van der Waals surface area contributed by atoms with Crippen LogP contribution in [0.15, 0.2) is 121 Å². The summed E-state index contributed by atoms with van der Waals surface area (Å²) in [6, 6.07) is 41.2. The SMILES string of the molecule is c1ccc(-c2nc(-c3ccccc3)nc(-n3c4ccccc4c4ccc5c6ccccc6[n-]c5c43)n2)cc1. The number of para-hydroxylation sites is 2. The molecule has 0 spiro atoms. The van der Waals surface area contributed by atoms with E-state index in [9.17, 15) is 0 Å². The van der Waals surface area contributed by atoms with E-state index in [4.69, 9.17) is 19.9 Å². The molecule has 5 aromatic carbocycles. The topological polar surface area (TPSA) is 57.7 Å². The second-order valence-corrected chi connectivity index (χ2v) is 9.35. The van der Waals surface area contributed by atoms with Crippen LogP contribution in [-0.2, 0) is 0 Å². The summed E-state index contributed by atoms with van der Waals surface area (Å²) < 4.78 is 2.15. The third-order valence-electron chi connectivity index (χ3n) is 7.12. The molecule has 8 aromatic rings. The minimum atomic E-state index is 0.573. The lowest BCUT2D eigenvalue weighted by molar-refractivity contribution is 0.954. The van der Waals surface area contributed by atoms with Crippen LogP contribution in [0, 0.1) is 0 Å². The lowest BCUT2D eigenvalue weighted by atomic mass is 10.1. The fourth-order valence-corrected chi connectivity index (χ4v) is 5.40.